The van der Waals surface area contributed by atoms with Gasteiger partial charge in [-0.05, 0) is 25.1 Å². The largest absolute Gasteiger partial charge is 1.00 e. The Morgan fingerprint density at radius 2 is 1.43 bits per heavy atom. The minimum atomic E-state index is -1.97. The summed E-state index contributed by atoms with van der Waals surface area (Å²) < 4.78 is 27.8. The van der Waals surface area contributed by atoms with Crippen LogP contribution in [0.25, 0.3) is 22.3 Å². The van der Waals surface area contributed by atoms with Crippen molar-refractivity contribution in [3.63, 3.8) is 0 Å². The van der Waals surface area contributed by atoms with E-state index < -0.39 is 113 Å². The number of aliphatic hydroxyl groups excluding tert-OH is 6. The van der Waals surface area contributed by atoms with Gasteiger partial charge in [-0.2, -0.15) is 0 Å². The minimum absolute atomic E-state index is 0. The SMILES string of the molecule is C[C@@H]1O[C@@H](OC[C@H]2O[C@@H](Oc3c(-c4ccc(O)c(O)c4)oc4cc(O)cc(O)c4c3=O)[C@H](O)[C@@H](O)[C@@H]2O)[C@H](O)[C@H](O)[C@H]1O.[H-].[Na+]. The van der Waals surface area contributed by atoms with Crippen molar-refractivity contribution in [3.05, 3.63) is 40.6 Å². The molecule has 16 nitrogen and oxygen atoms in total. The molecule has 0 saturated carbocycles. The fourth-order valence-electron chi connectivity index (χ4n) is 4.84. The van der Waals surface area contributed by atoms with Crippen LogP contribution in [0.4, 0.5) is 0 Å². The van der Waals surface area contributed by atoms with Crippen LogP contribution in [-0.4, -0.2) is 119 Å². The third kappa shape index (κ3) is 6.34. The van der Waals surface area contributed by atoms with E-state index in [2.05, 4.69) is 0 Å². The van der Waals surface area contributed by atoms with E-state index in [0.29, 0.717) is 0 Å². The van der Waals surface area contributed by atoms with Gasteiger partial charge in [0.15, 0.2) is 23.5 Å². The van der Waals surface area contributed by atoms with Crippen LogP contribution in [0, 0.1) is 0 Å². The summed E-state index contributed by atoms with van der Waals surface area (Å²) in [5.74, 6) is -3.33. The molecule has 0 amide bonds. The molecule has 10 atom stereocenters. The van der Waals surface area contributed by atoms with Crippen molar-refractivity contribution >= 4 is 11.0 Å². The zero-order chi connectivity index (χ0) is 31.3. The standard InChI is InChI=1S/C27H30O16.Na.H/c1-8-17(32)20(35)22(37)26(40-8)39-7-15-18(33)21(36)23(38)27(42-15)43-25-19(34)16-13(31)5-10(28)6-14(16)41-24(25)9-2-3-11(29)12(30)4-9;;/h2-6,8,15,17-18,20-23,26-33,35-38H,7H2,1H3;;/q;+1;-1/t8-,15+,17-,18+,20+,21-,22+,23+,26+,27-;;/m0../s1. The molecule has 0 aliphatic carbocycles. The number of benzene rings is 2. The van der Waals surface area contributed by atoms with Crippen molar-refractivity contribution in [2.45, 2.75) is 68.3 Å². The van der Waals surface area contributed by atoms with Crippen LogP contribution in [0.3, 0.4) is 0 Å². The summed E-state index contributed by atoms with van der Waals surface area (Å²) in [6, 6.07) is 5.24. The normalized spacial score (nSPS) is 32.2. The van der Waals surface area contributed by atoms with Crippen LogP contribution < -0.4 is 39.7 Å². The molecule has 17 heteroatoms. The Morgan fingerprint density at radius 1 is 0.773 bits per heavy atom. The van der Waals surface area contributed by atoms with Crippen LogP contribution in [0.5, 0.6) is 28.7 Å². The molecular formula is C27H31NaO16. The quantitative estimate of drug-likeness (QED) is 0.0903. The van der Waals surface area contributed by atoms with Gasteiger partial charge >= 0.3 is 29.6 Å². The molecule has 2 aromatic carbocycles. The van der Waals surface area contributed by atoms with Crippen molar-refractivity contribution in [1.82, 2.24) is 0 Å². The van der Waals surface area contributed by atoms with Crippen LogP contribution >= 0.6 is 0 Å². The van der Waals surface area contributed by atoms with Crippen molar-refractivity contribution in [2.24, 2.45) is 0 Å². The van der Waals surface area contributed by atoms with Gasteiger partial charge in [0.2, 0.25) is 17.5 Å². The molecule has 2 aliphatic heterocycles. The molecule has 3 heterocycles. The van der Waals surface area contributed by atoms with E-state index >= 15 is 0 Å². The molecule has 0 unspecified atom stereocenters. The van der Waals surface area contributed by atoms with Gasteiger partial charge in [-0.1, -0.05) is 0 Å². The number of fused-ring (bicyclic) bond motifs is 1. The van der Waals surface area contributed by atoms with Gasteiger partial charge in [-0.25, -0.2) is 0 Å². The van der Waals surface area contributed by atoms with E-state index in [0.717, 1.165) is 24.3 Å². The number of phenolic OH excluding ortho intramolecular Hbond substituents is 4. The van der Waals surface area contributed by atoms with Crippen LogP contribution in [0.15, 0.2) is 39.5 Å². The van der Waals surface area contributed by atoms with Gasteiger partial charge in [-0.15, -0.1) is 0 Å². The molecule has 10 N–H and O–H groups in total. The Kier molecular flexibility index (Phi) is 10.4. The van der Waals surface area contributed by atoms with Gasteiger partial charge in [0, 0.05) is 17.7 Å². The number of hydrogen-bond donors (Lipinski definition) is 10. The zero-order valence-electron chi connectivity index (χ0n) is 24.3. The predicted octanol–water partition coefficient (Wildman–Crippen LogP) is -4.57. The first-order chi connectivity index (χ1) is 20.3. The maximum Gasteiger partial charge on any atom is 1.00 e. The van der Waals surface area contributed by atoms with Crippen molar-refractivity contribution in [1.29, 1.82) is 0 Å². The van der Waals surface area contributed by atoms with E-state index in [1.807, 2.05) is 0 Å². The Balaban J connectivity index is 0.00000276. The first-order valence-corrected chi connectivity index (χ1v) is 13.0. The third-order valence-corrected chi connectivity index (χ3v) is 7.29. The van der Waals surface area contributed by atoms with Gasteiger partial charge in [-0.3, -0.25) is 4.79 Å². The Labute approximate surface area is 271 Å². The molecule has 2 saturated heterocycles. The van der Waals surface area contributed by atoms with Gasteiger partial charge in [0.05, 0.1) is 12.7 Å². The Morgan fingerprint density at radius 3 is 2.11 bits per heavy atom. The summed E-state index contributed by atoms with van der Waals surface area (Å²) in [6.07, 6.45) is -16.2. The summed E-state index contributed by atoms with van der Waals surface area (Å²) in [4.78, 5) is 13.6. The second-order valence-electron chi connectivity index (χ2n) is 10.3. The fraction of sp³-hybridized carbons (Fsp3) is 0.444. The molecule has 44 heavy (non-hydrogen) atoms. The average molecular weight is 635 g/mol. The molecule has 236 valence electrons. The van der Waals surface area contributed by atoms with Crippen LogP contribution in [0.1, 0.15) is 8.35 Å². The number of rotatable bonds is 6. The zero-order valence-corrected chi connectivity index (χ0v) is 25.3. The second-order valence-corrected chi connectivity index (χ2v) is 10.3. The molecule has 0 bridgehead atoms. The number of phenols is 4. The fourth-order valence-corrected chi connectivity index (χ4v) is 4.84. The summed E-state index contributed by atoms with van der Waals surface area (Å²) >= 11 is 0. The first kappa shape index (κ1) is 34.2. The van der Waals surface area contributed by atoms with E-state index in [4.69, 9.17) is 23.4 Å². The second kappa shape index (κ2) is 13.3. The maximum absolute atomic E-state index is 13.6. The van der Waals surface area contributed by atoms with Gasteiger partial charge in [0.1, 0.15) is 65.2 Å². The molecule has 5 rings (SSSR count). The van der Waals surface area contributed by atoms with E-state index in [1.54, 1.807) is 0 Å². The summed E-state index contributed by atoms with van der Waals surface area (Å²) in [5, 5.41) is 101. The van der Waals surface area contributed by atoms with Crippen LogP contribution in [0.2, 0.25) is 0 Å². The molecule has 3 aromatic rings. The summed E-state index contributed by atoms with van der Waals surface area (Å²) in [7, 11) is 0. The van der Waals surface area contributed by atoms with E-state index in [-0.39, 0.29) is 42.1 Å². The smallest absolute Gasteiger partial charge is 1.00 e. The topological polar surface area (TPSA) is 269 Å². The molecule has 0 radical (unpaired) electrons. The van der Waals surface area contributed by atoms with Crippen molar-refractivity contribution in [3.8, 4) is 40.1 Å². The maximum atomic E-state index is 13.6. The summed E-state index contributed by atoms with van der Waals surface area (Å²) in [5.41, 5.74) is -1.35. The number of hydrogen-bond acceptors (Lipinski definition) is 16. The molecule has 0 spiro atoms. The molecule has 2 aliphatic rings. The van der Waals surface area contributed by atoms with E-state index in [9.17, 15) is 55.9 Å². The molecule has 1 aromatic heterocycles. The predicted molar refractivity (Wildman–Crippen MR) is 141 cm³/mol. The number of aliphatic hydroxyl groups is 6. The summed E-state index contributed by atoms with van der Waals surface area (Å²) in [6.45, 7) is 0.818. The van der Waals surface area contributed by atoms with E-state index in [1.165, 1.54) is 13.0 Å². The third-order valence-electron chi connectivity index (χ3n) is 7.29. The monoisotopic (exact) mass is 634 g/mol. The first-order valence-electron chi connectivity index (χ1n) is 13.0. The Bertz CT molecular complexity index is 1550. The van der Waals surface area contributed by atoms with Gasteiger partial charge in [0.25, 0.3) is 0 Å². The average Bonchev–Trinajstić information content (AvgIpc) is 2.96. The molecular weight excluding hydrogens is 603 g/mol. The number of aromatic hydroxyl groups is 4. The van der Waals surface area contributed by atoms with Crippen molar-refractivity contribution < 1.29 is 105 Å². The Hall–Kier alpha value is -2.71. The van der Waals surface area contributed by atoms with Crippen molar-refractivity contribution in [2.75, 3.05) is 6.61 Å². The minimum Gasteiger partial charge on any atom is -1.00 e. The number of ether oxygens (including phenoxy) is 4. The molecule has 2 fully saturated rings. The van der Waals surface area contributed by atoms with Gasteiger partial charge < -0.3 is 75.9 Å². The van der Waals surface area contributed by atoms with Crippen LogP contribution in [-0.2, 0) is 14.2 Å².